The topological polar surface area (TPSA) is 64.9 Å². The first-order chi connectivity index (χ1) is 9.28. The van der Waals surface area contributed by atoms with E-state index in [2.05, 4.69) is 20.4 Å². The van der Waals surface area contributed by atoms with Gasteiger partial charge in [-0.25, -0.2) is 9.97 Å². The predicted molar refractivity (Wildman–Crippen MR) is 73.0 cm³/mol. The lowest BCUT2D eigenvalue weighted by Gasteiger charge is -2.28. The highest BCUT2D eigenvalue weighted by Crippen LogP contribution is 2.25. The summed E-state index contributed by atoms with van der Waals surface area (Å²) < 4.78 is 7.16. The first kappa shape index (κ1) is 12.3. The van der Waals surface area contributed by atoms with Crippen molar-refractivity contribution in [1.82, 2.24) is 19.7 Å². The molecule has 1 N–H and O–H groups in total. The zero-order valence-electron chi connectivity index (χ0n) is 11.3. The number of anilines is 1. The van der Waals surface area contributed by atoms with Crippen molar-refractivity contribution in [2.24, 2.45) is 7.05 Å². The molecule has 0 aromatic carbocycles. The zero-order valence-corrected chi connectivity index (χ0v) is 11.3. The number of fused-ring (bicyclic) bond motifs is 1. The van der Waals surface area contributed by atoms with Crippen molar-refractivity contribution in [3.8, 4) is 0 Å². The molecule has 2 aromatic rings. The quantitative estimate of drug-likeness (QED) is 0.911. The molecule has 1 saturated carbocycles. The normalized spacial score (nSPS) is 23.7. The fourth-order valence-corrected chi connectivity index (χ4v) is 2.71. The van der Waals surface area contributed by atoms with Crippen LogP contribution in [0.3, 0.4) is 0 Å². The Hall–Kier alpha value is -1.69. The third-order valence-electron chi connectivity index (χ3n) is 3.88. The van der Waals surface area contributed by atoms with Crippen LogP contribution in [0.2, 0.25) is 0 Å². The minimum atomic E-state index is 0.418. The monoisotopic (exact) mass is 261 g/mol. The van der Waals surface area contributed by atoms with Gasteiger partial charge in [-0.2, -0.15) is 5.10 Å². The number of aromatic nitrogens is 4. The molecular formula is C13H19N5O. The van der Waals surface area contributed by atoms with Gasteiger partial charge in [-0.15, -0.1) is 0 Å². The van der Waals surface area contributed by atoms with Gasteiger partial charge in [0.15, 0.2) is 5.65 Å². The molecule has 0 amide bonds. The van der Waals surface area contributed by atoms with E-state index in [0.717, 1.165) is 42.5 Å². The van der Waals surface area contributed by atoms with Crippen molar-refractivity contribution in [3.05, 3.63) is 12.5 Å². The van der Waals surface area contributed by atoms with Gasteiger partial charge in [0, 0.05) is 20.2 Å². The lowest BCUT2D eigenvalue weighted by atomic mass is 9.93. The molecule has 3 rings (SSSR count). The second-order valence-corrected chi connectivity index (χ2v) is 5.08. The highest BCUT2D eigenvalue weighted by molar-refractivity contribution is 5.86. The van der Waals surface area contributed by atoms with E-state index in [4.69, 9.17) is 4.74 Å². The van der Waals surface area contributed by atoms with Crippen molar-refractivity contribution in [2.75, 3.05) is 12.4 Å². The van der Waals surface area contributed by atoms with E-state index in [1.807, 2.05) is 13.2 Å². The van der Waals surface area contributed by atoms with Gasteiger partial charge in [0.1, 0.15) is 12.1 Å². The maximum atomic E-state index is 5.40. The fraction of sp³-hybridized carbons (Fsp3) is 0.615. The first-order valence-corrected chi connectivity index (χ1v) is 6.70. The van der Waals surface area contributed by atoms with E-state index in [9.17, 15) is 0 Å². The largest absolute Gasteiger partial charge is 0.381 e. The summed E-state index contributed by atoms with van der Waals surface area (Å²) >= 11 is 0. The SMILES string of the molecule is COC1CCC(Nc2ncnc3c2cnn3C)CC1. The first-order valence-electron chi connectivity index (χ1n) is 6.70. The molecule has 6 nitrogen and oxygen atoms in total. The Bertz CT molecular complexity index is 559. The van der Waals surface area contributed by atoms with Gasteiger partial charge < -0.3 is 10.1 Å². The molecule has 19 heavy (non-hydrogen) atoms. The maximum Gasteiger partial charge on any atom is 0.163 e. The summed E-state index contributed by atoms with van der Waals surface area (Å²) in [6.45, 7) is 0. The third-order valence-corrected chi connectivity index (χ3v) is 3.88. The minimum absolute atomic E-state index is 0.418. The van der Waals surface area contributed by atoms with Crippen molar-refractivity contribution in [3.63, 3.8) is 0 Å². The summed E-state index contributed by atoms with van der Waals surface area (Å²) in [6.07, 6.45) is 8.27. The van der Waals surface area contributed by atoms with Gasteiger partial charge in [0.2, 0.25) is 0 Å². The van der Waals surface area contributed by atoms with Crippen molar-refractivity contribution >= 4 is 16.9 Å². The lowest BCUT2D eigenvalue weighted by molar-refractivity contribution is 0.0681. The van der Waals surface area contributed by atoms with Gasteiger partial charge >= 0.3 is 0 Å². The summed E-state index contributed by atoms with van der Waals surface area (Å²) in [5.74, 6) is 0.888. The van der Waals surface area contributed by atoms with Crippen LogP contribution in [0.1, 0.15) is 25.7 Å². The van der Waals surface area contributed by atoms with Crippen LogP contribution in [-0.2, 0) is 11.8 Å². The van der Waals surface area contributed by atoms with Crippen LogP contribution in [0, 0.1) is 0 Å². The van der Waals surface area contributed by atoms with Crippen LogP contribution in [0.25, 0.3) is 11.0 Å². The Morgan fingerprint density at radius 1 is 1.26 bits per heavy atom. The van der Waals surface area contributed by atoms with Crippen LogP contribution in [0.5, 0.6) is 0 Å². The number of aryl methyl sites for hydroxylation is 1. The number of nitrogens with one attached hydrogen (secondary N) is 1. The Morgan fingerprint density at radius 3 is 2.79 bits per heavy atom. The molecule has 2 heterocycles. The molecule has 0 saturated heterocycles. The zero-order chi connectivity index (χ0) is 13.2. The summed E-state index contributed by atoms with van der Waals surface area (Å²) in [5, 5.41) is 8.74. The van der Waals surface area contributed by atoms with Crippen molar-refractivity contribution in [1.29, 1.82) is 0 Å². The van der Waals surface area contributed by atoms with E-state index < -0.39 is 0 Å². The Balaban J connectivity index is 1.75. The molecule has 0 atom stereocenters. The summed E-state index contributed by atoms with van der Waals surface area (Å²) in [5.41, 5.74) is 0.864. The summed E-state index contributed by atoms with van der Waals surface area (Å²) in [7, 11) is 3.69. The van der Waals surface area contributed by atoms with E-state index in [-0.39, 0.29) is 0 Å². The molecule has 6 heteroatoms. The predicted octanol–water partition coefficient (Wildman–Crippen LogP) is 1.73. The van der Waals surface area contributed by atoms with Crippen LogP contribution in [0.4, 0.5) is 5.82 Å². The smallest absolute Gasteiger partial charge is 0.163 e. The van der Waals surface area contributed by atoms with E-state index in [1.165, 1.54) is 0 Å². The average molecular weight is 261 g/mol. The second-order valence-electron chi connectivity index (χ2n) is 5.08. The number of nitrogens with zero attached hydrogens (tertiary/aromatic N) is 4. The number of hydrogen-bond donors (Lipinski definition) is 1. The molecule has 0 aliphatic heterocycles. The lowest BCUT2D eigenvalue weighted by Crippen LogP contribution is -2.29. The van der Waals surface area contributed by atoms with Crippen LogP contribution >= 0.6 is 0 Å². The number of methoxy groups -OCH3 is 1. The van der Waals surface area contributed by atoms with E-state index in [0.29, 0.717) is 12.1 Å². The van der Waals surface area contributed by atoms with Crippen LogP contribution < -0.4 is 5.32 Å². The van der Waals surface area contributed by atoms with Gasteiger partial charge in [-0.3, -0.25) is 4.68 Å². The highest BCUT2D eigenvalue weighted by Gasteiger charge is 2.21. The Morgan fingerprint density at radius 2 is 2.05 bits per heavy atom. The minimum Gasteiger partial charge on any atom is -0.381 e. The van der Waals surface area contributed by atoms with Gasteiger partial charge in [-0.05, 0) is 25.7 Å². The molecule has 0 spiro atoms. The molecule has 2 aromatic heterocycles. The molecule has 1 aliphatic carbocycles. The van der Waals surface area contributed by atoms with Gasteiger partial charge in [-0.1, -0.05) is 0 Å². The highest BCUT2D eigenvalue weighted by atomic mass is 16.5. The van der Waals surface area contributed by atoms with E-state index in [1.54, 1.807) is 18.1 Å². The number of ether oxygens (including phenoxy) is 1. The van der Waals surface area contributed by atoms with Gasteiger partial charge in [0.25, 0.3) is 0 Å². The molecule has 1 fully saturated rings. The van der Waals surface area contributed by atoms with E-state index >= 15 is 0 Å². The Labute approximate surface area is 112 Å². The fourth-order valence-electron chi connectivity index (χ4n) is 2.71. The third kappa shape index (κ3) is 2.40. The second kappa shape index (κ2) is 5.13. The molecular weight excluding hydrogens is 242 g/mol. The molecule has 0 unspecified atom stereocenters. The van der Waals surface area contributed by atoms with Crippen LogP contribution in [0.15, 0.2) is 12.5 Å². The number of hydrogen-bond acceptors (Lipinski definition) is 5. The molecule has 0 radical (unpaired) electrons. The summed E-state index contributed by atoms with van der Waals surface area (Å²) in [6, 6.07) is 0.463. The van der Waals surface area contributed by atoms with Gasteiger partial charge in [0.05, 0.1) is 17.7 Å². The molecule has 0 bridgehead atoms. The molecule has 1 aliphatic rings. The summed E-state index contributed by atoms with van der Waals surface area (Å²) in [4.78, 5) is 8.60. The van der Waals surface area contributed by atoms with Crippen molar-refractivity contribution in [2.45, 2.75) is 37.8 Å². The number of rotatable bonds is 3. The van der Waals surface area contributed by atoms with Crippen LogP contribution in [-0.4, -0.2) is 39.0 Å². The van der Waals surface area contributed by atoms with Crippen molar-refractivity contribution < 1.29 is 4.74 Å². The average Bonchev–Trinajstić information content (AvgIpc) is 2.83. The standard InChI is InChI=1S/C13H19N5O/c1-18-13-11(7-16-18)12(14-8-15-13)17-9-3-5-10(19-2)6-4-9/h7-10H,3-6H2,1-2H3,(H,14,15,17). The molecule has 102 valence electrons. The Kier molecular flexibility index (Phi) is 3.33. The maximum absolute atomic E-state index is 5.40.